The number of hydrazone groups is 1. The summed E-state index contributed by atoms with van der Waals surface area (Å²) in [6.45, 7) is 4.51. The largest absolute Gasteiger partial charge is 0.372 e. The molecule has 0 heterocycles. The molecular weight excluding hydrogens is 228 g/mol. The van der Waals surface area contributed by atoms with Gasteiger partial charge in [0.1, 0.15) is 6.61 Å². The predicted molar refractivity (Wildman–Crippen MR) is 72.5 cm³/mol. The van der Waals surface area contributed by atoms with Gasteiger partial charge in [-0.15, -0.1) is 0 Å². The zero-order valence-electron chi connectivity index (χ0n) is 11.0. The number of hydrogen-bond acceptors (Lipinski definition) is 3. The SMILES string of the molecule is CCC/C(=N\NC(=O)COCC)c1ccccc1. The first-order valence-electron chi connectivity index (χ1n) is 6.26. The van der Waals surface area contributed by atoms with E-state index in [0.29, 0.717) is 6.61 Å². The second-order valence-electron chi connectivity index (χ2n) is 3.85. The monoisotopic (exact) mass is 248 g/mol. The molecule has 0 radical (unpaired) electrons. The second-order valence-corrected chi connectivity index (χ2v) is 3.85. The van der Waals surface area contributed by atoms with Crippen molar-refractivity contribution in [2.45, 2.75) is 26.7 Å². The van der Waals surface area contributed by atoms with Crippen LogP contribution >= 0.6 is 0 Å². The Morgan fingerprint density at radius 1 is 1.28 bits per heavy atom. The second kappa shape index (κ2) is 8.42. The van der Waals surface area contributed by atoms with Crippen molar-refractivity contribution in [1.82, 2.24) is 5.43 Å². The normalized spacial score (nSPS) is 11.3. The number of benzene rings is 1. The molecule has 0 aliphatic carbocycles. The minimum atomic E-state index is -0.221. The molecule has 0 saturated carbocycles. The van der Waals surface area contributed by atoms with Crippen LogP contribution in [0.3, 0.4) is 0 Å². The first kappa shape index (κ1) is 14.4. The molecule has 0 aliphatic heterocycles. The van der Waals surface area contributed by atoms with Crippen molar-refractivity contribution >= 4 is 11.6 Å². The number of amides is 1. The predicted octanol–water partition coefficient (Wildman–Crippen LogP) is 2.34. The van der Waals surface area contributed by atoms with Crippen LogP contribution in [-0.4, -0.2) is 24.8 Å². The molecule has 0 aromatic heterocycles. The van der Waals surface area contributed by atoms with Crippen molar-refractivity contribution in [2.24, 2.45) is 5.10 Å². The fourth-order valence-electron chi connectivity index (χ4n) is 1.49. The molecule has 1 aromatic rings. The molecule has 0 bridgehead atoms. The van der Waals surface area contributed by atoms with Gasteiger partial charge < -0.3 is 4.74 Å². The van der Waals surface area contributed by atoms with E-state index < -0.39 is 0 Å². The van der Waals surface area contributed by atoms with Gasteiger partial charge in [0.2, 0.25) is 0 Å². The number of carbonyl (C=O) groups is 1. The van der Waals surface area contributed by atoms with Crippen LogP contribution in [0.4, 0.5) is 0 Å². The summed E-state index contributed by atoms with van der Waals surface area (Å²) in [5.74, 6) is -0.221. The average Bonchev–Trinajstić information content (AvgIpc) is 2.42. The highest BCUT2D eigenvalue weighted by molar-refractivity contribution is 6.01. The first-order valence-corrected chi connectivity index (χ1v) is 6.26. The standard InChI is InChI=1S/C14H20N2O2/c1-3-8-13(12-9-6-5-7-10-12)15-16-14(17)11-18-4-2/h5-7,9-10H,3-4,8,11H2,1-2H3,(H,16,17)/b15-13+. The third-order valence-corrected chi connectivity index (χ3v) is 2.35. The Morgan fingerprint density at radius 3 is 2.61 bits per heavy atom. The van der Waals surface area contributed by atoms with Crippen LogP contribution in [0.15, 0.2) is 35.4 Å². The molecule has 4 heteroatoms. The number of carbonyl (C=O) groups excluding carboxylic acids is 1. The zero-order chi connectivity index (χ0) is 13.2. The van der Waals surface area contributed by atoms with E-state index >= 15 is 0 Å². The minimum Gasteiger partial charge on any atom is -0.372 e. The topological polar surface area (TPSA) is 50.7 Å². The number of hydrogen-bond donors (Lipinski definition) is 1. The lowest BCUT2D eigenvalue weighted by Crippen LogP contribution is -2.24. The minimum absolute atomic E-state index is 0.0498. The Balaban J connectivity index is 2.64. The van der Waals surface area contributed by atoms with Gasteiger partial charge in [-0.25, -0.2) is 5.43 Å². The van der Waals surface area contributed by atoms with Crippen molar-refractivity contribution in [3.05, 3.63) is 35.9 Å². The number of rotatable bonds is 7. The maximum atomic E-state index is 11.4. The van der Waals surface area contributed by atoms with Crippen LogP contribution in [0.5, 0.6) is 0 Å². The van der Waals surface area contributed by atoms with E-state index in [9.17, 15) is 4.79 Å². The summed E-state index contributed by atoms with van der Waals surface area (Å²) in [5.41, 5.74) is 4.45. The number of nitrogens with one attached hydrogen (secondary N) is 1. The van der Waals surface area contributed by atoms with Gasteiger partial charge in [-0.2, -0.15) is 5.10 Å². The molecule has 4 nitrogen and oxygen atoms in total. The molecule has 1 N–H and O–H groups in total. The maximum absolute atomic E-state index is 11.4. The first-order chi connectivity index (χ1) is 8.77. The van der Waals surface area contributed by atoms with Gasteiger partial charge >= 0.3 is 0 Å². The van der Waals surface area contributed by atoms with Crippen molar-refractivity contribution < 1.29 is 9.53 Å². The summed E-state index contributed by atoms with van der Waals surface area (Å²) < 4.78 is 5.01. The number of nitrogens with zero attached hydrogens (tertiary/aromatic N) is 1. The van der Waals surface area contributed by atoms with Crippen molar-refractivity contribution in [3.8, 4) is 0 Å². The van der Waals surface area contributed by atoms with Gasteiger partial charge in [-0.05, 0) is 18.9 Å². The molecule has 1 rings (SSSR count). The molecule has 0 atom stereocenters. The maximum Gasteiger partial charge on any atom is 0.266 e. The fourth-order valence-corrected chi connectivity index (χ4v) is 1.49. The van der Waals surface area contributed by atoms with Crippen LogP contribution in [0.1, 0.15) is 32.3 Å². The zero-order valence-corrected chi connectivity index (χ0v) is 11.0. The average molecular weight is 248 g/mol. The van der Waals surface area contributed by atoms with Crippen LogP contribution in [-0.2, 0) is 9.53 Å². The molecular formula is C14H20N2O2. The summed E-state index contributed by atoms with van der Waals surface area (Å²) in [6.07, 6.45) is 1.81. The quantitative estimate of drug-likeness (QED) is 0.595. The lowest BCUT2D eigenvalue weighted by atomic mass is 10.1. The lowest BCUT2D eigenvalue weighted by Gasteiger charge is -2.06. The molecule has 0 saturated heterocycles. The van der Waals surface area contributed by atoms with Crippen molar-refractivity contribution in [1.29, 1.82) is 0 Å². The fraction of sp³-hybridized carbons (Fsp3) is 0.429. The third-order valence-electron chi connectivity index (χ3n) is 2.35. The summed E-state index contributed by atoms with van der Waals surface area (Å²) in [5, 5.41) is 4.17. The van der Waals surface area contributed by atoms with Gasteiger partial charge in [0, 0.05) is 6.61 Å². The highest BCUT2D eigenvalue weighted by atomic mass is 16.5. The summed E-state index contributed by atoms with van der Waals surface area (Å²) >= 11 is 0. The molecule has 18 heavy (non-hydrogen) atoms. The molecule has 0 spiro atoms. The lowest BCUT2D eigenvalue weighted by molar-refractivity contribution is -0.125. The van der Waals surface area contributed by atoms with E-state index in [1.807, 2.05) is 37.3 Å². The van der Waals surface area contributed by atoms with Gasteiger partial charge in [-0.3, -0.25) is 4.79 Å². The van der Waals surface area contributed by atoms with E-state index in [4.69, 9.17) is 4.74 Å². The van der Waals surface area contributed by atoms with Crippen LogP contribution < -0.4 is 5.43 Å². The summed E-state index contributed by atoms with van der Waals surface area (Å²) in [7, 11) is 0. The van der Waals surface area contributed by atoms with E-state index in [2.05, 4.69) is 17.5 Å². The molecule has 0 fully saturated rings. The Hall–Kier alpha value is -1.68. The highest BCUT2D eigenvalue weighted by Gasteiger charge is 2.04. The van der Waals surface area contributed by atoms with E-state index in [1.165, 1.54) is 0 Å². The Kier molecular flexibility index (Phi) is 6.72. The van der Waals surface area contributed by atoms with E-state index in [0.717, 1.165) is 24.1 Å². The Morgan fingerprint density at radius 2 is 2.00 bits per heavy atom. The van der Waals surface area contributed by atoms with Gasteiger partial charge in [0.15, 0.2) is 0 Å². The number of ether oxygens (including phenoxy) is 1. The summed E-state index contributed by atoms with van der Waals surface area (Å²) in [6, 6.07) is 9.86. The molecule has 0 aliphatic rings. The van der Waals surface area contributed by atoms with Gasteiger partial charge in [0.25, 0.3) is 5.91 Å². The van der Waals surface area contributed by atoms with Crippen LogP contribution in [0, 0.1) is 0 Å². The molecule has 1 aromatic carbocycles. The molecule has 1 amide bonds. The smallest absolute Gasteiger partial charge is 0.266 e. The van der Waals surface area contributed by atoms with Gasteiger partial charge in [0.05, 0.1) is 5.71 Å². The third kappa shape index (κ3) is 5.10. The van der Waals surface area contributed by atoms with E-state index in [-0.39, 0.29) is 12.5 Å². The Bertz CT molecular complexity index is 388. The van der Waals surface area contributed by atoms with E-state index in [1.54, 1.807) is 0 Å². The summed E-state index contributed by atoms with van der Waals surface area (Å²) in [4.78, 5) is 11.4. The van der Waals surface area contributed by atoms with Crippen molar-refractivity contribution in [3.63, 3.8) is 0 Å². The Labute approximate surface area is 108 Å². The van der Waals surface area contributed by atoms with Crippen LogP contribution in [0.25, 0.3) is 0 Å². The molecule has 0 unspecified atom stereocenters. The van der Waals surface area contributed by atoms with Gasteiger partial charge in [-0.1, -0.05) is 43.7 Å². The van der Waals surface area contributed by atoms with Crippen molar-refractivity contribution in [2.75, 3.05) is 13.2 Å². The highest BCUT2D eigenvalue weighted by Crippen LogP contribution is 2.05. The molecule has 98 valence electrons. The van der Waals surface area contributed by atoms with Crippen LogP contribution in [0.2, 0.25) is 0 Å².